The van der Waals surface area contributed by atoms with Crippen molar-refractivity contribution >= 4 is 15.9 Å². The number of nitrogens with zero attached hydrogens (tertiary/aromatic N) is 1. The fourth-order valence-corrected chi connectivity index (χ4v) is 1.79. The number of hydrogen-bond donors (Lipinski definition) is 0. The first-order chi connectivity index (χ1) is 6.14. The van der Waals surface area contributed by atoms with Gasteiger partial charge < -0.3 is 0 Å². The van der Waals surface area contributed by atoms with Gasteiger partial charge in [0.2, 0.25) is 0 Å². The molecule has 1 rings (SSSR count). The van der Waals surface area contributed by atoms with E-state index in [-0.39, 0.29) is 0 Å². The van der Waals surface area contributed by atoms with Crippen molar-refractivity contribution in [1.29, 1.82) is 5.26 Å². The summed E-state index contributed by atoms with van der Waals surface area (Å²) in [5, 5.41) is 9.02. The molecule has 0 amide bonds. The SMILES string of the molecule is C=CC(C)(C#N)c1ccccc1Br. The second-order valence-electron chi connectivity index (χ2n) is 3.00. The van der Waals surface area contributed by atoms with Crippen molar-refractivity contribution in [3.63, 3.8) is 0 Å². The second-order valence-corrected chi connectivity index (χ2v) is 3.85. The summed E-state index contributed by atoms with van der Waals surface area (Å²) in [5.74, 6) is 0. The topological polar surface area (TPSA) is 23.8 Å². The predicted octanol–water partition coefficient (Wildman–Crippen LogP) is 3.42. The normalized spacial score (nSPS) is 14.2. The highest BCUT2D eigenvalue weighted by Gasteiger charge is 2.23. The molecule has 66 valence electrons. The third kappa shape index (κ3) is 1.81. The highest BCUT2D eigenvalue weighted by molar-refractivity contribution is 9.10. The Morgan fingerprint density at radius 3 is 2.62 bits per heavy atom. The summed E-state index contributed by atoms with van der Waals surface area (Å²) < 4.78 is 0.943. The molecule has 1 nitrogen and oxygen atoms in total. The van der Waals surface area contributed by atoms with Crippen molar-refractivity contribution < 1.29 is 0 Å². The van der Waals surface area contributed by atoms with E-state index < -0.39 is 5.41 Å². The van der Waals surface area contributed by atoms with Gasteiger partial charge in [0.15, 0.2) is 0 Å². The van der Waals surface area contributed by atoms with Crippen LogP contribution in [0.1, 0.15) is 12.5 Å². The molecule has 0 saturated heterocycles. The van der Waals surface area contributed by atoms with Gasteiger partial charge in [-0.1, -0.05) is 40.2 Å². The highest BCUT2D eigenvalue weighted by atomic mass is 79.9. The molecule has 0 aromatic heterocycles. The minimum absolute atomic E-state index is 0.611. The van der Waals surface area contributed by atoms with Gasteiger partial charge in [0.25, 0.3) is 0 Å². The summed E-state index contributed by atoms with van der Waals surface area (Å²) in [6.07, 6.45) is 1.66. The summed E-state index contributed by atoms with van der Waals surface area (Å²) >= 11 is 3.41. The third-order valence-electron chi connectivity index (χ3n) is 2.07. The molecule has 1 aromatic rings. The van der Waals surface area contributed by atoms with Crippen LogP contribution in [0.25, 0.3) is 0 Å². The van der Waals surface area contributed by atoms with Crippen LogP contribution >= 0.6 is 15.9 Å². The lowest BCUT2D eigenvalue weighted by Gasteiger charge is -2.18. The third-order valence-corrected chi connectivity index (χ3v) is 2.77. The van der Waals surface area contributed by atoms with Crippen LogP contribution in [-0.4, -0.2) is 0 Å². The molecule has 1 aromatic carbocycles. The molecule has 0 spiro atoms. The first-order valence-corrected chi connectivity index (χ1v) is 4.73. The van der Waals surface area contributed by atoms with E-state index in [2.05, 4.69) is 28.6 Å². The summed E-state index contributed by atoms with van der Waals surface area (Å²) in [5.41, 5.74) is 0.340. The molecule has 0 fully saturated rings. The molecule has 0 heterocycles. The summed E-state index contributed by atoms with van der Waals surface area (Å²) in [7, 11) is 0. The van der Waals surface area contributed by atoms with Crippen LogP contribution < -0.4 is 0 Å². The minimum atomic E-state index is -0.611. The Hall–Kier alpha value is -1.07. The number of rotatable bonds is 2. The lowest BCUT2D eigenvalue weighted by Crippen LogP contribution is -2.16. The molecule has 13 heavy (non-hydrogen) atoms. The zero-order valence-electron chi connectivity index (χ0n) is 7.42. The Labute approximate surface area is 86.8 Å². The van der Waals surface area contributed by atoms with Gasteiger partial charge in [0.1, 0.15) is 0 Å². The van der Waals surface area contributed by atoms with Crippen molar-refractivity contribution in [3.05, 3.63) is 47.0 Å². The largest absolute Gasteiger partial charge is 0.197 e. The zero-order chi connectivity index (χ0) is 9.90. The van der Waals surface area contributed by atoms with E-state index in [4.69, 9.17) is 5.26 Å². The molecule has 1 atom stereocenters. The number of nitriles is 1. The maximum absolute atomic E-state index is 9.02. The minimum Gasteiger partial charge on any atom is -0.197 e. The summed E-state index contributed by atoms with van der Waals surface area (Å²) in [6, 6.07) is 9.93. The molecular formula is C11H10BrN. The fourth-order valence-electron chi connectivity index (χ4n) is 1.10. The van der Waals surface area contributed by atoms with Crippen molar-refractivity contribution in [2.24, 2.45) is 0 Å². The van der Waals surface area contributed by atoms with Gasteiger partial charge in [-0.15, -0.1) is 6.58 Å². The lowest BCUT2D eigenvalue weighted by molar-refractivity contribution is 0.772. The van der Waals surface area contributed by atoms with Crippen LogP contribution in [0.15, 0.2) is 41.4 Å². The zero-order valence-corrected chi connectivity index (χ0v) is 9.01. The first kappa shape index (κ1) is 10.0. The number of allylic oxidation sites excluding steroid dienone is 1. The Morgan fingerprint density at radius 2 is 2.15 bits per heavy atom. The average molecular weight is 236 g/mol. The van der Waals surface area contributed by atoms with Crippen LogP contribution in [0.2, 0.25) is 0 Å². The maximum Gasteiger partial charge on any atom is 0.0982 e. The quantitative estimate of drug-likeness (QED) is 0.721. The van der Waals surface area contributed by atoms with Gasteiger partial charge in [-0.3, -0.25) is 0 Å². The maximum atomic E-state index is 9.02. The van der Waals surface area contributed by atoms with Crippen molar-refractivity contribution in [2.45, 2.75) is 12.3 Å². The molecule has 0 bridgehead atoms. The number of benzene rings is 1. The first-order valence-electron chi connectivity index (χ1n) is 3.94. The van der Waals surface area contributed by atoms with E-state index in [1.807, 2.05) is 31.2 Å². The molecule has 0 aliphatic carbocycles. The van der Waals surface area contributed by atoms with Gasteiger partial charge in [-0.25, -0.2) is 0 Å². The fraction of sp³-hybridized carbons (Fsp3) is 0.182. The van der Waals surface area contributed by atoms with Crippen LogP contribution in [0, 0.1) is 11.3 Å². The van der Waals surface area contributed by atoms with E-state index >= 15 is 0 Å². The molecule has 0 aliphatic rings. The molecule has 1 unspecified atom stereocenters. The van der Waals surface area contributed by atoms with Crippen LogP contribution in [0.3, 0.4) is 0 Å². The molecule has 0 saturated carbocycles. The molecule has 2 heteroatoms. The predicted molar refractivity (Wildman–Crippen MR) is 57.3 cm³/mol. The van der Waals surface area contributed by atoms with Gasteiger partial charge in [-0.05, 0) is 18.6 Å². The number of halogens is 1. The van der Waals surface area contributed by atoms with Gasteiger partial charge in [-0.2, -0.15) is 5.26 Å². The molecule has 0 aliphatic heterocycles. The van der Waals surface area contributed by atoms with Crippen molar-refractivity contribution in [2.75, 3.05) is 0 Å². The van der Waals surface area contributed by atoms with Gasteiger partial charge in [0.05, 0.1) is 11.5 Å². The smallest absolute Gasteiger partial charge is 0.0982 e. The van der Waals surface area contributed by atoms with Crippen molar-refractivity contribution in [1.82, 2.24) is 0 Å². The Bertz CT molecular complexity index is 365. The standard InChI is InChI=1S/C11H10BrN/c1-3-11(2,8-13)9-6-4-5-7-10(9)12/h3-7H,1H2,2H3. The van der Waals surface area contributed by atoms with Crippen LogP contribution in [-0.2, 0) is 5.41 Å². The Morgan fingerprint density at radius 1 is 1.54 bits per heavy atom. The summed E-state index contributed by atoms with van der Waals surface area (Å²) in [4.78, 5) is 0. The van der Waals surface area contributed by atoms with Gasteiger partial charge in [0, 0.05) is 4.47 Å². The molecule has 0 N–H and O–H groups in total. The monoisotopic (exact) mass is 235 g/mol. The Balaban J connectivity index is 3.30. The van der Waals surface area contributed by atoms with E-state index in [9.17, 15) is 0 Å². The van der Waals surface area contributed by atoms with E-state index in [0.717, 1.165) is 10.0 Å². The van der Waals surface area contributed by atoms with E-state index in [0.29, 0.717) is 0 Å². The highest BCUT2D eigenvalue weighted by Crippen LogP contribution is 2.30. The van der Waals surface area contributed by atoms with Crippen LogP contribution in [0.5, 0.6) is 0 Å². The van der Waals surface area contributed by atoms with E-state index in [1.165, 1.54) is 0 Å². The second kappa shape index (κ2) is 3.76. The number of hydrogen-bond acceptors (Lipinski definition) is 1. The van der Waals surface area contributed by atoms with Crippen molar-refractivity contribution in [3.8, 4) is 6.07 Å². The molecule has 0 radical (unpaired) electrons. The van der Waals surface area contributed by atoms with E-state index in [1.54, 1.807) is 6.08 Å². The lowest BCUT2D eigenvalue weighted by atomic mass is 9.84. The average Bonchev–Trinajstić information content (AvgIpc) is 2.17. The Kier molecular flexibility index (Phi) is 2.90. The van der Waals surface area contributed by atoms with Gasteiger partial charge >= 0.3 is 0 Å². The molecular weight excluding hydrogens is 226 g/mol. The summed E-state index contributed by atoms with van der Waals surface area (Å²) in [6.45, 7) is 5.53. The van der Waals surface area contributed by atoms with Crippen LogP contribution in [0.4, 0.5) is 0 Å².